The fourth-order valence-corrected chi connectivity index (χ4v) is 2.75. The summed E-state index contributed by atoms with van der Waals surface area (Å²) in [6.45, 7) is 7.74. The maximum absolute atomic E-state index is 12.1. The number of hydrogen-bond donors (Lipinski definition) is 1. The zero-order valence-electron chi connectivity index (χ0n) is 14.0. The van der Waals surface area contributed by atoms with Crippen molar-refractivity contribution < 1.29 is 13.2 Å². The normalized spacial score (nSPS) is 13.0. The first-order chi connectivity index (χ1) is 10.1. The predicted molar refractivity (Wildman–Crippen MR) is 90.5 cm³/mol. The fraction of sp³-hybridized carbons (Fsp3) is 0.562. The number of amides is 1. The third kappa shape index (κ3) is 5.33. The molecule has 0 aromatic heterocycles. The minimum absolute atomic E-state index is 0.00335. The van der Waals surface area contributed by atoms with E-state index in [1.54, 1.807) is 12.1 Å². The van der Waals surface area contributed by atoms with E-state index < -0.39 is 10.0 Å². The number of hydrogen-bond acceptors (Lipinski definition) is 3. The third-order valence-electron chi connectivity index (χ3n) is 3.71. The highest BCUT2D eigenvalue weighted by molar-refractivity contribution is 7.92. The molecule has 124 valence electrons. The van der Waals surface area contributed by atoms with E-state index in [9.17, 15) is 13.2 Å². The highest BCUT2D eigenvalue weighted by atomic mass is 32.2. The molecule has 5 nitrogen and oxygen atoms in total. The van der Waals surface area contributed by atoms with Gasteiger partial charge >= 0.3 is 0 Å². The summed E-state index contributed by atoms with van der Waals surface area (Å²) in [5.74, 6) is -0.00864. The predicted octanol–water partition coefficient (Wildman–Crippen LogP) is 2.18. The Kier molecular flexibility index (Phi) is 6.41. The molecule has 0 unspecified atom stereocenters. The van der Waals surface area contributed by atoms with Gasteiger partial charge in [-0.15, -0.1) is 0 Å². The number of benzene rings is 1. The molecule has 1 N–H and O–H groups in total. The van der Waals surface area contributed by atoms with Gasteiger partial charge in [-0.2, -0.15) is 0 Å². The Morgan fingerprint density at radius 1 is 1.18 bits per heavy atom. The van der Waals surface area contributed by atoms with Crippen molar-refractivity contribution in [1.82, 2.24) is 5.32 Å². The van der Waals surface area contributed by atoms with Crippen LogP contribution < -0.4 is 9.62 Å². The van der Waals surface area contributed by atoms with Crippen LogP contribution in [-0.4, -0.2) is 33.2 Å². The first kappa shape index (κ1) is 18.5. The van der Waals surface area contributed by atoms with Gasteiger partial charge in [0.2, 0.25) is 15.9 Å². The van der Waals surface area contributed by atoms with Crippen molar-refractivity contribution in [2.45, 2.75) is 40.2 Å². The van der Waals surface area contributed by atoms with Gasteiger partial charge in [-0.1, -0.05) is 32.9 Å². The Labute approximate surface area is 133 Å². The summed E-state index contributed by atoms with van der Waals surface area (Å²) in [4.78, 5) is 12.1. The molecule has 0 aliphatic carbocycles. The average Bonchev–Trinajstić information content (AvgIpc) is 2.43. The van der Waals surface area contributed by atoms with Crippen LogP contribution in [0, 0.1) is 5.92 Å². The minimum Gasteiger partial charge on any atom is -0.352 e. The Balaban J connectivity index is 2.92. The lowest BCUT2D eigenvalue weighted by atomic mass is 10.1. The second-order valence-corrected chi connectivity index (χ2v) is 7.80. The topological polar surface area (TPSA) is 66.5 Å². The van der Waals surface area contributed by atoms with Gasteiger partial charge in [0.15, 0.2) is 0 Å². The molecule has 1 amide bonds. The standard InChI is InChI=1S/C16H26N2O3S/c1-6-14-7-9-15(10-8-14)18(22(5,20)21)11-16(19)17-13(4)12(2)3/h7-10,12-13H,6,11H2,1-5H3,(H,17,19)/t13-/m1/s1. The van der Waals surface area contributed by atoms with Gasteiger partial charge in [0.1, 0.15) is 6.54 Å². The number of aryl methyl sites for hydroxylation is 1. The molecule has 0 saturated carbocycles. The average molecular weight is 326 g/mol. The maximum atomic E-state index is 12.1. The number of sulfonamides is 1. The van der Waals surface area contributed by atoms with Gasteiger partial charge in [0.25, 0.3) is 0 Å². The smallest absolute Gasteiger partial charge is 0.240 e. The molecule has 1 aromatic rings. The summed E-state index contributed by atoms with van der Waals surface area (Å²) in [7, 11) is -3.52. The molecule has 22 heavy (non-hydrogen) atoms. The number of anilines is 1. The molecule has 0 fully saturated rings. The molecule has 1 aromatic carbocycles. The number of nitrogens with one attached hydrogen (secondary N) is 1. The second kappa shape index (κ2) is 7.63. The van der Waals surface area contributed by atoms with E-state index in [1.165, 1.54) is 0 Å². The van der Waals surface area contributed by atoms with Gasteiger partial charge < -0.3 is 5.32 Å². The van der Waals surface area contributed by atoms with E-state index in [0.717, 1.165) is 22.5 Å². The molecule has 0 radical (unpaired) electrons. The zero-order valence-corrected chi connectivity index (χ0v) is 14.8. The lowest BCUT2D eigenvalue weighted by Gasteiger charge is -2.24. The molecular formula is C16H26N2O3S. The summed E-state index contributed by atoms with van der Waals surface area (Å²) in [5.41, 5.74) is 1.63. The molecule has 0 bridgehead atoms. The van der Waals surface area contributed by atoms with Crippen LogP contribution in [-0.2, 0) is 21.2 Å². The van der Waals surface area contributed by atoms with E-state index in [0.29, 0.717) is 11.6 Å². The molecule has 1 atom stereocenters. The van der Waals surface area contributed by atoms with Crippen LogP contribution >= 0.6 is 0 Å². The highest BCUT2D eigenvalue weighted by Gasteiger charge is 2.22. The molecule has 0 aliphatic heterocycles. The van der Waals surface area contributed by atoms with E-state index >= 15 is 0 Å². The van der Waals surface area contributed by atoms with Crippen molar-refractivity contribution in [2.75, 3.05) is 17.1 Å². The van der Waals surface area contributed by atoms with Crippen LogP contribution in [0.2, 0.25) is 0 Å². The van der Waals surface area contributed by atoms with Crippen LogP contribution in [0.3, 0.4) is 0 Å². The SMILES string of the molecule is CCc1ccc(N(CC(=O)N[C@H](C)C(C)C)S(C)(=O)=O)cc1. The summed E-state index contributed by atoms with van der Waals surface area (Å²) in [5, 5.41) is 2.83. The van der Waals surface area contributed by atoms with Gasteiger partial charge in [-0.3, -0.25) is 9.10 Å². The first-order valence-electron chi connectivity index (χ1n) is 7.51. The molecule has 0 saturated heterocycles. The summed E-state index contributed by atoms with van der Waals surface area (Å²) < 4.78 is 25.1. The summed E-state index contributed by atoms with van der Waals surface area (Å²) in [6.07, 6.45) is 1.99. The van der Waals surface area contributed by atoms with E-state index in [2.05, 4.69) is 5.32 Å². The molecule has 0 spiro atoms. The van der Waals surface area contributed by atoms with E-state index in [-0.39, 0.29) is 18.5 Å². The van der Waals surface area contributed by atoms with Gasteiger partial charge in [-0.05, 0) is 37.0 Å². The molecular weight excluding hydrogens is 300 g/mol. The van der Waals surface area contributed by atoms with Crippen molar-refractivity contribution in [3.63, 3.8) is 0 Å². The lowest BCUT2D eigenvalue weighted by molar-refractivity contribution is -0.120. The van der Waals surface area contributed by atoms with Gasteiger partial charge in [0.05, 0.1) is 11.9 Å². The third-order valence-corrected chi connectivity index (χ3v) is 4.85. The Bertz CT molecular complexity index is 594. The van der Waals surface area contributed by atoms with Crippen molar-refractivity contribution in [2.24, 2.45) is 5.92 Å². The van der Waals surface area contributed by atoms with Crippen LogP contribution in [0.25, 0.3) is 0 Å². The van der Waals surface area contributed by atoms with Crippen LogP contribution in [0.5, 0.6) is 0 Å². The molecule has 1 rings (SSSR count). The molecule has 0 aliphatic rings. The van der Waals surface area contributed by atoms with Crippen molar-refractivity contribution in [1.29, 1.82) is 0 Å². The first-order valence-corrected chi connectivity index (χ1v) is 9.36. The fourth-order valence-electron chi connectivity index (χ4n) is 1.89. The van der Waals surface area contributed by atoms with Crippen molar-refractivity contribution in [3.05, 3.63) is 29.8 Å². The molecule has 6 heteroatoms. The zero-order chi connectivity index (χ0) is 16.9. The highest BCUT2D eigenvalue weighted by Crippen LogP contribution is 2.18. The second-order valence-electron chi connectivity index (χ2n) is 5.89. The quantitative estimate of drug-likeness (QED) is 0.835. The van der Waals surface area contributed by atoms with Crippen LogP contribution in [0.4, 0.5) is 5.69 Å². The monoisotopic (exact) mass is 326 g/mol. The van der Waals surface area contributed by atoms with Gasteiger partial charge in [-0.25, -0.2) is 8.42 Å². The minimum atomic E-state index is -3.52. The number of carbonyl (C=O) groups excluding carboxylic acids is 1. The van der Waals surface area contributed by atoms with Crippen LogP contribution in [0.1, 0.15) is 33.3 Å². The number of nitrogens with zero attached hydrogens (tertiary/aromatic N) is 1. The largest absolute Gasteiger partial charge is 0.352 e. The maximum Gasteiger partial charge on any atom is 0.240 e. The van der Waals surface area contributed by atoms with Crippen molar-refractivity contribution >= 4 is 21.6 Å². The van der Waals surface area contributed by atoms with E-state index in [4.69, 9.17) is 0 Å². The molecule has 0 heterocycles. The summed E-state index contributed by atoms with van der Waals surface area (Å²) in [6, 6.07) is 7.22. The van der Waals surface area contributed by atoms with Crippen LogP contribution in [0.15, 0.2) is 24.3 Å². The number of rotatable bonds is 7. The Hall–Kier alpha value is -1.56. The summed E-state index contributed by atoms with van der Waals surface area (Å²) >= 11 is 0. The lowest BCUT2D eigenvalue weighted by Crippen LogP contribution is -2.44. The van der Waals surface area contributed by atoms with E-state index in [1.807, 2.05) is 39.8 Å². The Morgan fingerprint density at radius 2 is 1.73 bits per heavy atom. The number of carbonyl (C=O) groups is 1. The Morgan fingerprint density at radius 3 is 2.14 bits per heavy atom. The van der Waals surface area contributed by atoms with Gasteiger partial charge in [0, 0.05) is 6.04 Å². The van der Waals surface area contributed by atoms with Crippen molar-refractivity contribution in [3.8, 4) is 0 Å².